The van der Waals surface area contributed by atoms with Crippen LogP contribution in [0.1, 0.15) is 77.6 Å². The fourth-order valence-electron chi connectivity index (χ4n) is 9.11. The van der Waals surface area contributed by atoms with Crippen molar-refractivity contribution in [3.63, 3.8) is 0 Å². The molecule has 1 aromatic heterocycles. The molecule has 2 aliphatic heterocycles. The van der Waals surface area contributed by atoms with Crippen LogP contribution in [0.4, 0.5) is 0 Å². The van der Waals surface area contributed by atoms with E-state index in [9.17, 15) is 9.59 Å². The normalized spacial score (nSPS) is 41.3. The summed E-state index contributed by atoms with van der Waals surface area (Å²) in [4.78, 5) is 28.0. The molecule has 7 atom stereocenters. The standard InChI is InChI=1S/C28H33N3O2/c1-16-22(17-9-7-6-8-10-17)28(5)20-12-11-19(23(16)28)30-24(32)29(25(33)31(20)30)21-15-18-13-14-27(21,4)26(18,2)3/h6-12,18-21,23H,13-15H2,1-5H3/t18-,19-,20-,21+,23-,27-,28-/m1/s1. The quantitative estimate of drug-likeness (QED) is 0.615. The molecule has 4 aliphatic carbocycles. The first-order chi connectivity index (χ1) is 15.6. The Balaban J connectivity index is 1.41. The Kier molecular flexibility index (Phi) is 3.45. The average Bonchev–Trinajstić information content (AvgIpc) is 3.26. The highest BCUT2D eigenvalue weighted by Crippen LogP contribution is 2.70. The molecule has 0 radical (unpaired) electrons. The number of allylic oxidation sites excluding steroid dienone is 4. The Morgan fingerprint density at radius 3 is 2.27 bits per heavy atom. The number of fused-ring (bicyclic) bond motifs is 2. The van der Waals surface area contributed by atoms with Crippen molar-refractivity contribution in [1.82, 2.24) is 13.9 Å². The summed E-state index contributed by atoms with van der Waals surface area (Å²) in [5.74, 6) is 0.834. The third-order valence-electron chi connectivity index (χ3n) is 11.2. The van der Waals surface area contributed by atoms with Gasteiger partial charge in [0.05, 0.1) is 12.1 Å². The van der Waals surface area contributed by atoms with Crippen molar-refractivity contribution in [2.45, 2.75) is 72.0 Å². The van der Waals surface area contributed by atoms with Crippen LogP contribution in [0.5, 0.6) is 0 Å². The molecule has 2 aromatic rings. The zero-order valence-electron chi connectivity index (χ0n) is 20.2. The lowest BCUT2D eigenvalue weighted by Gasteiger charge is -2.61. The predicted octanol–water partition coefficient (Wildman–Crippen LogP) is 4.97. The molecule has 0 spiro atoms. The summed E-state index contributed by atoms with van der Waals surface area (Å²) in [6, 6.07) is 10.3. The second-order valence-corrected chi connectivity index (χ2v) is 12.3. The molecule has 0 N–H and O–H groups in total. The van der Waals surface area contributed by atoms with Crippen molar-refractivity contribution in [1.29, 1.82) is 0 Å². The van der Waals surface area contributed by atoms with Gasteiger partial charge in [0.25, 0.3) is 0 Å². The van der Waals surface area contributed by atoms with Gasteiger partial charge in [-0.1, -0.05) is 75.8 Å². The molecule has 5 heteroatoms. The molecule has 5 nitrogen and oxygen atoms in total. The second-order valence-electron chi connectivity index (χ2n) is 12.3. The number of hydrogen-bond acceptors (Lipinski definition) is 2. The van der Waals surface area contributed by atoms with E-state index in [-0.39, 0.29) is 51.7 Å². The average molecular weight is 444 g/mol. The smallest absolute Gasteiger partial charge is 0.246 e. The lowest BCUT2D eigenvalue weighted by atomic mass is 9.48. The Bertz CT molecular complexity index is 1390. The van der Waals surface area contributed by atoms with E-state index in [1.807, 2.05) is 15.4 Å². The van der Waals surface area contributed by atoms with E-state index in [4.69, 9.17) is 0 Å². The number of rotatable bonds is 2. The fourth-order valence-corrected chi connectivity index (χ4v) is 9.11. The molecular weight excluding hydrogens is 410 g/mol. The van der Waals surface area contributed by atoms with Crippen LogP contribution < -0.4 is 11.4 Å². The van der Waals surface area contributed by atoms with Crippen LogP contribution in [0.25, 0.3) is 5.57 Å². The highest BCUT2D eigenvalue weighted by atomic mass is 16.2. The number of nitrogens with zero attached hydrogens (tertiary/aromatic N) is 3. The third-order valence-corrected chi connectivity index (χ3v) is 11.2. The Hall–Kier alpha value is -2.56. The predicted molar refractivity (Wildman–Crippen MR) is 129 cm³/mol. The van der Waals surface area contributed by atoms with Crippen molar-refractivity contribution >= 4 is 5.57 Å². The first-order valence-electron chi connectivity index (χ1n) is 12.5. The van der Waals surface area contributed by atoms with E-state index >= 15 is 0 Å². The lowest BCUT2D eigenvalue weighted by molar-refractivity contribution is 0.0566. The van der Waals surface area contributed by atoms with Crippen molar-refractivity contribution in [2.75, 3.05) is 0 Å². The summed E-state index contributed by atoms with van der Waals surface area (Å²) in [6.07, 6.45) is 7.61. The summed E-state index contributed by atoms with van der Waals surface area (Å²) >= 11 is 0. The van der Waals surface area contributed by atoms with E-state index in [0.29, 0.717) is 5.92 Å². The zero-order valence-corrected chi connectivity index (χ0v) is 20.2. The van der Waals surface area contributed by atoms with Gasteiger partial charge in [0.1, 0.15) is 0 Å². The first kappa shape index (κ1) is 19.9. The van der Waals surface area contributed by atoms with Crippen LogP contribution in [0, 0.1) is 28.1 Å². The maximum absolute atomic E-state index is 14.0. The first-order valence-corrected chi connectivity index (χ1v) is 12.5. The molecule has 4 bridgehead atoms. The van der Waals surface area contributed by atoms with E-state index in [2.05, 4.69) is 71.0 Å². The van der Waals surface area contributed by atoms with Crippen LogP contribution in [0.2, 0.25) is 0 Å². The number of benzene rings is 1. The molecule has 33 heavy (non-hydrogen) atoms. The van der Waals surface area contributed by atoms with Crippen molar-refractivity contribution < 1.29 is 0 Å². The third kappa shape index (κ3) is 1.92. The summed E-state index contributed by atoms with van der Waals surface area (Å²) in [5.41, 5.74) is 3.69. The van der Waals surface area contributed by atoms with Gasteiger partial charge in [-0.3, -0.25) is 0 Å². The van der Waals surface area contributed by atoms with E-state index in [0.717, 1.165) is 12.8 Å². The van der Waals surface area contributed by atoms with Crippen LogP contribution in [-0.4, -0.2) is 13.9 Å². The van der Waals surface area contributed by atoms with Gasteiger partial charge < -0.3 is 0 Å². The Morgan fingerprint density at radius 2 is 1.64 bits per heavy atom. The fraction of sp³-hybridized carbons (Fsp3) is 0.571. The highest BCUT2D eigenvalue weighted by Gasteiger charge is 2.65. The van der Waals surface area contributed by atoms with Gasteiger partial charge in [-0.15, -0.1) is 0 Å². The minimum absolute atomic E-state index is 0.00985. The molecule has 1 aromatic carbocycles. The molecule has 8 rings (SSSR count). The highest BCUT2D eigenvalue weighted by molar-refractivity contribution is 5.81. The lowest BCUT2D eigenvalue weighted by Crippen LogP contribution is -2.59. The van der Waals surface area contributed by atoms with Gasteiger partial charge in [-0.25, -0.2) is 23.5 Å². The molecule has 0 amide bonds. The molecule has 2 saturated carbocycles. The van der Waals surface area contributed by atoms with Crippen molar-refractivity contribution in [3.8, 4) is 0 Å². The second kappa shape index (κ2) is 5.73. The van der Waals surface area contributed by atoms with Crippen molar-refractivity contribution in [3.05, 3.63) is 74.6 Å². The SMILES string of the molecule is CC1=C(c2ccccc2)[C@]2(C)[C@H]1[C@H]1C=C[C@H]2n2c(=O)n([C@H]3C[C@H]4CC[C@@]3(C)C4(C)C)c(=O)n21. The van der Waals surface area contributed by atoms with E-state index < -0.39 is 0 Å². The summed E-state index contributed by atoms with van der Waals surface area (Å²) in [5, 5.41) is 0. The molecule has 2 fully saturated rings. The Labute approximate surface area is 194 Å². The summed E-state index contributed by atoms with van der Waals surface area (Å²) in [7, 11) is 0. The van der Waals surface area contributed by atoms with Gasteiger partial charge in [0.2, 0.25) is 0 Å². The minimum atomic E-state index is -0.175. The van der Waals surface area contributed by atoms with Gasteiger partial charge in [-0.2, -0.15) is 0 Å². The van der Waals surface area contributed by atoms with Crippen LogP contribution in [0.3, 0.4) is 0 Å². The molecule has 3 heterocycles. The Morgan fingerprint density at radius 1 is 0.939 bits per heavy atom. The van der Waals surface area contributed by atoms with Crippen LogP contribution in [0.15, 0.2) is 57.6 Å². The maximum atomic E-state index is 14.0. The molecule has 6 aliphatic rings. The van der Waals surface area contributed by atoms with Gasteiger partial charge >= 0.3 is 11.4 Å². The topological polar surface area (TPSA) is 48.9 Å². The van der Waals surface area contributed by atoms with Crippen LogP contribution >= 0.6 is 0 Å². The zero-order chi connectivity index (χ0) is 23.1. The van der Waals surface area contributed by atoms with Gasteiger partial charge in [0.15, 0.2) is 0 Å². The molecular formula is C28H33N3O2. The van der Waals surface area contributed by atoms with Crippen molar-refractivity contribution in [2.24, 2.45) is 28.1 Å². The van der Waals surface area contributed by atoms with Gasteiger partial charge in [0, 0.05) is 17.4 Å². The monoisotopic (exact) mass is 443 g/mol. The molecule has 0 saturated heterocycles. The van der Waals surface area contributed by atoms with Crippen LogP contribution in [-0.2, 0) is 0 Å². The van der Waals surface area contributed by atoms with Gasteiger partial charge in [-0.05, 0) is 54.1 Å². The molecule has 172 valence electrons. The number of aromatic nitrogens is 3. The summed E-state index contributed by atoms with van der Waals surface area (Å²) in [6.45, 7) is 11.5. The minimum Gasteiger partial charge on any atom is -0.246 e. The maximum Gasteiger partial charge on any atom is 0.348 e. The largest absolute Gasteiger partial charge is 0.348 e. The summed E-state index contributed by atoms with van der Waals surface area (Å²) < 4.78 is 5.30. The van der Waals surface area contributed by atoms with E-state index in [1.54, 1.807) is 4.57 Å². The van der Waals surface area contributed by atoms with E-state index in [1.165, 1.54) is 23.1 Å². The molecule has 0 unspecified atom stereocenters. The number of hydrogen-bond donors (Lipinski definition) is 0.